The van der Waals surface area contributed by atoms with Crippen LogP contribution in [0.15, 0.2) is 48.5 Å². The molecule has 0 aliphatic carbocycles. The van der Waals surface area contributed by atoms with E-state index in [0.717, 1.165) is 11.1 Å². The average molecular weight is 370 g/mol. The van der Waals surface area contributed by atoms with Gasteiger partial charge in [0, 0.05) is 24.6 Å². The number of aryl methyl sites for hydroxylation is 1. The van der Waals surface area contributed by atoms with E-state index < -0.39 is 11.0 Å². The molecule has 0 bridgehead atoms. The first kappa shape index (κ1) is 18.8. The van der Waals surface area contributed by atoms with Gasteiger partial charge in [-0.1, -0.05) is 29.8 Å². The molecule has 3 rings (SSSR count). The Morgan fingerprint density at radius 1 is 1.26 bits per heavy atom. The van der Waals surface area contributed by atoms with Crippen LogP contribution in [0.25, 0.3) is 0 Å². The van der Waals surface area contributed by atoms with Crippen molar-refractivity contribution in [1.82, 2.24) is 16.2 Å². The number of nitro benzene ring substituents is 1. The molecular formula is C19H22N4O4. The number of ether oxygens (including phenoxy) is 1. The number of nitrogens with zero attached hydrogens (tertiary/aromatic N) is 1. The number of nitrogens with one attached hydrogen (secondary N) is 3. The fourth-order valence-electron chi connectivity index (χ4n) is 2.89. The van der Waals surface area contributed by atoms with Crippen molar-refractivity contribution in [3.05, 3.63) is 69.8 Å². The zero-order valence-corrected chi connectivity index (χ0v) is 15.1. The summed E-state index contributed by atoms with van der Waals surface area (Å²) in [4.78, 5) is 22.9. The minimum atomic E-state index is -0.647. The smallest absolute Gasteiger partial charge is 0.269 e. The standard InChI is InChI=1S/C19H22N4O4/c1-12-6-8-16(9-7-12)27-13(2)19(24)20-18-11-17(21-22-18)14-4-3-5-15(10-14)23(25)26/h3-10,13,17-18,21-22H,11H2,1-2H3,(H,20,24). The van der Waals surface area contributed by atoms with Crippen molar-refractivity contribution in [1.29, 1.82) is 0 Å². The predicted molar refractivity (Wildman–Crippen MR) is 99.9 cm³/mol. The molecule has 0 spiro atoms. The zero-order valence-electron chi connectivity index (χ0n) is 15.1. The van der Waals surface area contributed by atoms with Gasteiger partial charge < -0.3 is 10.1 Å². The van der Waals surface area contributed by atoms with Gasteiger partial charge in [0.05, 0.1) is 11.1 Å². The quantitative estimate of drug-likeness (QED) is 0.532. The van der Waals surface area contributed by atoms with Crippen LogP contribution in [0.4, 0.5) is 5.69 Å². The number of benzene rings is 2. The van der Waals surface area contributed by atoms with Crippen LogP contribution in [0.2, 0.25) is 0 Å². The van der Waals surface area contributed by atoms with E-state index in [1.165, 1.54) is 12.1 Å². The summed E-state index contributed by atoms with van der Waals surface area (Å²) in [5.41, 5.74) is 8.02. The van der Waals surface area contributed by atoms with Crippen molar-refractivity contribution in [3.8, 4) is 5.75 Å². The zero-order chi connectivity index (χ0) is 19.4. The van der Waals surface area contributed by atoms with Gasteiger partial charge in [-0.15, -0.1) is 0 Å². The first-order valence-corrected chi connectivity index (χ1v) is 8.71. The molecule has 1 aliphatic heterocycles. The second-order valence-corrected chi connectivity index (χ2v) is 6.56. The Labute approximate surface area is 157 Å². The molecule has 1 heterocycles. The van der Waals surface area contributed by atoms with E-state index in [0.29, 0.717) is 12.2 Å². The van der Waals surface area contributed by atoms with Crippen molar-refractivity contribution < 1.29 is 14.5 Å². The fraction of sp³-hybridized carbons (Fsp3) is 0.316. The molecule has 0 saturated carbocycles. The van der Waals surface area contributed by atoms with E-state index in [-0.39, 0.29) is 23.8 Å². The largest absolute Gasteiger partial charge is 0.481 e. The normalized spacial score (nSPS) is 20.1. The summed E-state index contributed by atoms with van der Waals surface area (Å²) in [6.45, 7) is 3.67. The van der Waals surface area contributed by atoms with Gasteiger partial charge in [-0.05, 0) is 31.5 Å². The summed E-state index contributed by atoms with van der Waals surface area (Å²) in [5, 5.41) is 13.8. The number of non-ortho nitro benzene ring substituents is 1. The molecule has 2 aromatic rings. The molecule has 0 radical (unpaired) electrons. The summed E-state index contributed by atoms with van der Waals surface area (Å²) >= 11 is 0. The molecular weight excluding hydrogens is 348 g/mol. The number of nitro groups is 1. The number of carbonyl (C=O) groups is 1. The van der Waals surface area contributed by atoms with Gasteiger partial charge in [0.1, 0.15) is 5.75 Å². The lowest BCUT2D eigenvalue weighted by atomic mass is 10.0. The number of carbonyl (C=O) groups excluding carboxylic acids is 1. The van der Waals surface area contributed by atoms with Gasteiger partial charge in [-0.2, -0.15) is 0 Å². The van der Waals surface area contributed by atoms with Crippen LogP contribution in [-0.2, 0) is 4.79 Å². The number of hydrogen-bond donors (Lipinski definition) is 3. The third-order valence-electron chi connectivity index (χ3n) is 4.41. The summed E-state index contributed by atoms with van der Waals surface area (Å²) in [6.07, 6.45) is -0.387. The second kappa shape index (κ2) is 8.15. The van der Waals surface area contributed by atoms with Gasteiger partial charge in [-0.25, -0.2) is 10.9 Å². The van der Waals surface area contributed by atoms with Crippen LogP contribution in [0.1, 0.15) is 30.5 Å². The van der Waals surface area contributed by atoms with Crippen LogP contribution < -0.4 is 20.9 Å². The van der Waals surface area contributed by atoms with Gasteiger partial charge in [0.25, 0.3) is 11.6 Å². The Kier molecular flexibility index (Phi) is 5.68. The average Bonchev–Trinajstić information content (AvgIpc) is 3.12. The molecule has 27 heavy (non-hydrogen) atoms. The highest BCUT2D eigenvalue weighted by molar-refractivity contribution is 5.81. The SMILES string of the molecule is Cc1ccc(OC(C)C(=O)NC2CC(c3cccc([N+](=O)[O-])c3)NN2)cc1. The molecule has 142 valence electrons. The van der Waals surface area contributed by atoms with Gasteiger partial charge >= 0.3 is 0 Å². The molecule has 1 saturated heterocycles. The van der Waals surface area contributed by atoms with Gasteiger partial charge in [-0.3, -0.25) is 14.9 Å². The van der Waals surface area contributed by atoms with Crippen molar-refractivity contribution >= 4 is 11.6 Å². The van der Waals surface area contributed by atoms with Crippen molar-refractivity contribution in [2.75, 3.05) is 0 Å². The van der Waals surface area contributed by atoms with E-state index >= 15 is 0 Å². The second-order valence-electron chi connectivity index (χ2n) is 6.56. The first-order chi connectivity index (χ1) is 12.9. The summed E-state index contributed by atoms with van der Waals surface area (Å²) in [6, 6.07) is 13.8. The molecule has 8 heteroatoms. The van der Waals surface area contributed by atoms with E-state index in [1.54, 1.807) is 13.0 Å². The summed E-state index contributed by atoms with van der Waals surface area (Å²) < 4.78 is 5.66. The maximum Gasteiger partial charge on any atom is 0.269 e. The van der Waals surface area contributed by atoms with Crippen molar-refractivity contribution in [2.45, 2.75) is 38.6 Å². The van der Waals surface area contributed by atoms with Crippen molar-refractivity contribution in [2.24, 2.45) is 0 Å². The highest BCUT2D eigenvalue weighted by atomic mass is 16.6. The summed E-state index contributed by atoms with van der Waals surface area (Å²) in [5.74, 6) is 0.393. The maximum atomic E-state index is 12.4. The molecule has 1 amide bonds. The summed E-state index contributed by atoms with van der Waals surface area (Å²) in [7, 11) is 0. The molecule has 1 aliphatic rings. The molecule has 8 nitrogen and oxygen atoms in total. The van der Waals surface area contributed by atoms with Crippen LogP contribution >= 0.6 is 0 Å². The number of hydrazine groups is 1. The topological polar surface area (TPSA) is 106 Å². The van der Waals surface area contributed by atoms with E-state index in [9.17, 15) is 14.9 Å². The van der Waals surface area contributed by atoms with E-state index in [1.807, 2.05) is 37.3 Å². The Bertz CT molecular complexity index is 825. The van der Waals surface area contributed by atoms with Crippen LogP contribution in [-0.4, -0.2) is 23.1 Å². The number of hydrogen-bond acceptors (Lipinski definition) is 6. The van der Waals surface area contributed by atoms with Gasteiger partial charge in [0.15, 0.2) is 6.10 Å². The van der Waals surface area contributed by atoms with Crippen LogP contribution in [0.5, 0.6) is 5.75 Å². The monoisotopic (exact) mass is 370 g/mol. The highest BCUT2D eigenvalue weighted by Gasteiger charge is 2.28. The third kappa shape index (κ3) is 4.81. The lowest BCUT2D eigenvalue weighted by Crippen LogP contribution is -2.48. The molecule has 3 N–H and O–H groups in total. The Hall–Kier alpha value is -2.97. The molecule has 3 unspecified atom stereocenters. The van der Waals surface area contributed by atoms with E-state index in [4.69, 9.17) is 4.74 Å². The highest BCUT2D eigenvalue weighted by Crippen LogP contribution is 2.24. The van der Waals surface area contributed by atoms with E-state index in [2.05, 4.69) is 16.2 Å². The minimum Gasteiger partial charge on any atom is -0.481 e. The number of amides is 1. The third-order valence-corrected chi connectivity index (χ3v) is 4.41. The Balaban J connectivity index is 1.54. The minimum absolute atomic E-state index is 0.0434. The van der Waals surface area contributed by atoms with Crippen LogP contribution in [0, 0.1) is 17.0 Å². The molecule has 0 aromatic heterocycles. The van der Waals surface area contributed by atoms with Crippen LogP contribution in [0.3, 0.4) is 0 Å². The Morgan fingerprint density at radius 2 is 2.00 bits per heavy atom. The molecule has 1 fully saturated rings. The lowest BCUT2D eigenvalue weighted by Gasteiger charge is -2.18. The number of rotatable bonds is 6. The predicted octanol–water partition coefficient (Wildman–Crippen LogP) is 2.35. The maximum absolute atomic E-state index is 12.4. The fourth-order valence-corrected chi connectivity index (χ4v) is 2.89. The molecule has 3 atom stereocenters. The Morgan fingerprint density at radius 3 is 2.70 bits per heavy atom. The molecule has 2 aromatic carbocycles. The van der Waals surface area contributed by atoms with Gasteiger partial charge in [0.2, 0.25) is 0 Å². The lowest BCUT2D eigenvalue weighted by molar-refractivity contribution is -0.384. The first-order valence-electron chi connectivity index (χ1n) is 8.71. The van der Waals surface area contributed by atoms with Crippen molar-refractivity contribution in [3.63, 3.8) is 0 Å².